The maximum atomic E-state index is 13.8. The second-order valence-corrected chi connectivity index (χ2v) is 8.58. The molecule has 2 aromatic carbocycles. The fourth-order valence-electron chi connectivity index (χ4n) is 3.06. The fraction of sp³-hybridized carbons (Fsp3) is 0.409. The van der Waals surface area contributed by atoms with Gasteiger partial charge >= 0.3 is 0 Å². The molecule has 0 saturated heterocycles. The second-order valence-electron chi connectivity index (χ2n) is 6.69. The van der Waals surface area contributed by atoms with Crippen LogP contribution in [0.3, 0.4) is 0 Å². The normalized spacial score (nSPS) is 13.8. The summed E-state index contributed by atoms with van der Waals surface area (Å²) in [7, 11) is 6.81. The topological polar surface area (TPSA) is 49.3 Å². The van der Waals surface area contributed by atoms with E-state index in [0.29, 0.717) is 25.8 Å². The molecule has 0 saturated carbocycles. The number of hydrogen-bond acceptors (Lipinski definition) is 5. The van der Waals surface area contributed by atoms with E-state index < -0.39 is 0 Å². The van der Waals surface area contributed by atoms with Crippen molar-refractivity contribution in [1.29, 1.82) is 0 Å². The summed E-state index contributed by atoms with van der Waals surface area (Å²) in [5, 5.41) is 0.722. The molecule has 0 aliphatic carbocycles. The molecule has 2 aromatic rings. The van der Waals surface area contributed by atoms with Gasteiger partial charge in [0.15, 0.2) is 18.3 Å². The van der Waals surface area contributed by atoms with E-state index in [9.17, 15) is 4.39 Å². The largest absolute Gasteiger partial charge is 0.497 e. The predicted octanol–water partition coefficient (Wildman–Crippen LogP) is 4.50. The van der Waals surface area contributed by atoms with E-state index in [1.165, 1.54) is 12.1 Å². The number of hydrogen-bond donors (Lipinski definition) is 0. The van der Waals surface area contributed by atoms with Gasteiger partial charge in [0.2, 0.25) is 0 Å². The highest BCUT2D eigenvalue weighted by atomic mass is 31.1. The molecule has 0 spiro atoms. The first-order chi connectivity index (χ1) is 13.9. The molecular weight excluding hydrogens is 392 g/mol. The Bertz CT molecular complexity index is 859. The van der Waals surface area contributed by atoms with Crippen LogP contribution in [0.4, 0.5) is 4.39 Å². The van der Waals surface area contributed by atoms with E-state index >= 15 is 0 Å². The maximum absolute atomic E-state index is 13.8. The Morgan fingerprint density at radius 1 is 1.14 bits per heavy atom. The van der Waals surface area contributed by atoms with Gasteiger partial charge in [0.05, 0.1) is 14.2 Å². The molecule has 0 radical (unpaired) electrons. The highest BCUT2D eigenvalue weighted by molar-refractivity contribution is 7.48. The third-order valence-corrected chi connectivity index (χ3v) is 6.70. The zero-order chi connectivity index (χ0) is 21.4. The van der Waals surface area contributed by atoms with Crippen molar-refractivity contribution in [3.05, 3.63) is 47.3 Å². The molecule has 0 fully saturated rings. The number of ether oxygens (including phenoxy) is 4. The third kappa shape index (κ3) is 5.46. The SMILES string of the molecule is CCC(C)(Pc1ccc(F)cc1C=NC)c1cc(OC)cc(OC)c1OCOC. The lowest BCUT2D eigenvalue weighted by atomic mass is 9.95. The Hall–Kier alpha value is -2.17. The number of nitrogens with zero attached hydrogens (tertiary/aromatic N) is 1. The molecule has 0 aliphatic heterocycles. The Balaban J connectivity index is 2.62. The molecule has 0 aromatic heterocycles. The molecule has 2 rings (SSSR count). The third-order valence-electron chi connectivity index (χ3n) is 4.80. The zero-order valence-electron chi connectivity index (χ0n) is 17.8. The maximum Gasteiger partial charge on any atom is 0.188 e. The van der Waals surface area contributed by atoms with Gasteiger partial charge in [-0.1, -0.05) is 28.5 Å². The molecule has 0 N–H and O–H groups in total. The molecule has 0 bridgehead atoms. The first-order valence-corrected chi connectivity index (χ1v) is 10.3. The minimum Gasteiger partial charge on any atom is -0.497 e. The van der Waals surface area contributed by atoms with E-state index in [0.717, 1.165) is 22.9 Å². The van der Waals surface area contributed by atoms with Gasteiger partial charge in [-0.25, -0.2) is 4.39 Å². The van der Waals surface area contributed by atoms with Gasteiger partial charge < -0.3 is 18.9 Å². The molecule has 2 unspecified atom stereocenters. The van der Waals surface area contributed by atoms with Crippen LogP contribution in [0.15, 0.2) is 35.3 Å². The molecule has 158 valence electrons. The van der Waals surface area contributed by atoms with Gasteiger partial charge in [0.25, 0.3) is 0 Å². The van der Waals surface area contributed by atoms with Crippen molar-refractivity contribution >= 4 is 20.1 Å². The van der Waals surface area contributed by atoms with E-state index in [4.69, 9.17) is 18.9 Å². The van der Waals surface area contributed by atoms with Crippen LogP contribution in [0.5, 0.6) is 17.2 Å². The summed E-state index contributed by atoms with van der Waals surface area (Å²) >= 11 is 0. The molecule has 0 heterocycles. The van der Waals surface area contributed by atoms with Crippen LogP contribution in [-0.4, -0.2) is 41.4 Å². The molecule has 5 nitrogen and oxygen atoms in total. The van der Waals surface area contributed by atoms with Crippen LogP contribution < -0.4 is 19.5 Å². The highest BCUT2D eigenvalue weighted by Crippen LogP contribution is 2.51. The van der Waals surface area contributed by atoms with Gasteiger partial charge in [-0.2, -0.15) is 0 Å². The van der Waals surface area contributed by atoms with Crippen molar-refractivity contribution in [1.82, 2.24) is 0 Å². The van der Waals surface area contributed by atoms with Gasteiger partial charge in [-0.05, 0) is 29.9 Å². The summed E-state index contributed by atoms with van der Waals surface area (Å²) in [6.07, 6.45) is 2.52. The number of benzene rings is 2. The van der Waals surface area contributed by atoms with E-state index in [1.54, 1.807) is 40.7 Å². The van der Waals surface area contributed by atoms with Crippen LogP contribution in [0.25, 0.3) is 0 Å². The molecule has 2 atom stereocenters. The van der Waals surface area contributed by atoms with Crippen LogP contribution >= 0.6 is 8.58 Å². The Morgan fingerprint density at radius 2 is 1.90 bits per heavy atom. The van der Waals surface area contributed by atoms with E-state index in [-0.39, 0.29) is 17.8 Å². The lowest BCUT2D eigenvalue weighted by molar-refractivity contribution is 0.0479. The summed E-state index contributed by atoms with van der Waals surface area (Å²) in [6, 6.07) is 8.59. The van der Waals surface area contributed by atoms with Crippen molar-refractivity contribution in [2.45, 2.75) is 25.4 Å². The molecule has 0 aliphatic rings. The van der Waals surface area contributed by atoms with Gasteiger partial charge in [0.1, 0.15) is 11.6 Å². The molecular formula is C22H29FNO4P. The number of halogens is 1. The van der Waals surface area contributed by atoms with Crippen LogP contribution in [0, 0.1) is 5.82 Å². The number of aliphatic imine (C=N–C) groups is 1. The molecule has 7 heteroatoms. The first-order valence-electron chi connectivity index (χ1n) is 9.30. The average molecular weight is 421 g/mol. The first kappa shape index (κ1) is 23.1. The van der Waals surface area contributed by atoms with Crippen molar-refractivity contribution in [3.63, 3.8) is 0 Å². The van der Waals surface area contributed by atoms with Gasteiger partial charge in [-0.3, -0.25) is 4.99 Å². The van der Waals surface area contributed by atoms with Crippen LogP contribution in [-0.2, 0) is 9.89 Å². The number of methoxy groups -OCH3 is 3. The van der Waals surface area contributed by atoms with Crippen molar-refractivity contribution in [3.8, 4) is 17.2 Å². The lowest BCUT2D eigenvalue weighted by Gasteiger charge is -2.32. The van der Waals surface area contributed by atoms with E-state index in [2.05, 4.69) is 18.8 Å². The number of rotatable bonds is 10. The van der Waals surface area contributed by atoms with Gasteiger partial charge in [0, 0.05) is 42.7 Å². The van der Waals surface area contributed by atoms with Crippen LogP contribution in [0.2, 0.25) is 0 Å². The monoisotopic (exact) mass is 421 g/mol. The molecule has 0 amide bonds. The minimum atomic E-state index is -0.306. The Labute approximate surface area is 174 Å². The zero-order valence-corrected chi connectivity index (χ0v) is 18.8. The second kappa shape index (κ2) is 10.6. The summed E-state index contributed by atoms with van der Waals surface area (Å²) in [5.74, 6) is 1.61. The summed E-state index contributed by atoms with van der Waals surface area (Å²) in [6.45, 7) is 4.38. The Morgan fingerprint density at radius 3 is 2.48 bits per heavy atom. The molecule has 29 heavy (non-hydrogen) atoms. The van der Waals surface area contributed by atoms with Crippen LogP contribution in [0.1, 0.15) is 31.4 Å². The summed E-state index contributed by atoms with van der Waals surface area (Å²) in [4.78, 5) is 4.08. The smallest absolute Gasteiger partial charge is 0.188 e. The van der Waals surface area contributed by atoms with Gasteiger partial charge in [-0.15, -0.1) is 0 Å². The van der Waals surface area contributed by atoms with Crippen molar-refractivity contribution < 1.29 is 23.3 Å². The van der Waals surface area contributed by atoms with E-state index in [1.807, 2.05) is 12.1 Å². The summed E-state index contributed by atoms with van der Waals surface area (Å²) in [5.41, 5.74) is 1.73. The fourth-order valence-corrected chi connectivity index (χ4v) is 4.60. The lowest BCUT2D eigenvalue weighted by Crippen LogP contribution is -2.22. The minimum absolute atomic E-state index is 0.100. The average Bonchev–Trinajstić information content (AvgIpc) is 2.73. The Kier molecular flexibility index (Phi) is 8.42. The quantitative estimate of drug-likeness (QED) is 0.322. The summed E-state index contributed by atoms with van der Waals surface area (Å²) < 4.78 is 35.9. The highest BCUT2D eigenvalue weighted by Gasteiger charge is 2.32. The predicted molar refractivity (Wildman–Crippen MR) is 118 cm³/mol. The standard InChI is InChI=1S/C22H29FNO4P/c1-7-22(2,29-20-9-8-16(23)10-15(20)13-24-3)18-11-17(26-5)12-19(27-6)21(18)28-14-25-4/h8-13,29H,7,14H2,1-6H3. The van der Waals surface area contributed by atoms with Crippen molar-refractivity contribution in [2.75, 3.05) is 35.2 Å². The van der Waals surface area contributed by atoms with Crippen molar-refractivity contribution in [2.24, 2.45) is 4.99 Å².